The number of rotatable bonds is 50. The highest BCUT2D eigenvalue weighted by atomic mass is 16.6. The second kappa shape index (κ2) is 57.4. The largest absolute Gasteiger partial charge is 0.462 e. The van der Waals surface area contributed by atoms with Crippen LogP contribution in [-0.2, 0) is 28.6 Å². The first-order valence-electron chi connectivity index (χ1n) is 28.5. The van der Waals surface area contributed by atoms with Crippen molar-refractivity contribution in [2.75, 3.05) is 13.2 Å². The minimum Gasteiger partial charge on any atom is -0.462 e. The first-order chi connectivity index (χ1) is 34.5. The summed E-state index contributed by atoms with van der Waals surface area (Å²) in [4.78, 5) is 37.9. The van der Waals surface area contributed by atoms with Crippen LogP contribution < -0.4 is 0 Å². The zero-order chi connectivity index (χ0) is 50.7. The van der Waals surface area contributed by atoms with Crippen molar-refractivity contribution in [1.82, 2.24) is 0 Å². The van der Waals surface area contributed by atoms with E-state index < -0.39 is 6.10 Å². The molecule has 0 fully saturated rings. The number of unbranched alkanes of at least 4 members (excludes halogenated alkanes) is 19. The van der Waals surface area contributed by atoms with Crippen molar-refractivity contribution in [1.29, 1.82) is 0 Å². The number of carbonyl (C=O) groups excluding carboxylic acids is 3. The molecule has 0 amide bonds. The topological polar surface area (TPSA) is 78.9 Å². The van der Waals surface area contributed by atoms with E-state index in [4.69, 9.17) is 14.2 Å². The van der Waals surface area contributed by atoms with Gasteiger partial charge in [0.2, 0.25) is 0 Å². The Morgan fingerprint density at radius 1 is 0.300 bits per heavy atom. The zero-order valence-electron chi connectivity index (χ0n) is 45.2. The third kappa shape index (κ3) is 54.7. The number of hydrogen-bond acceptors (Lipinski definition) is 6. The highest BCUT2D eigenvalue weighted by Gasteiger charge is 2.19. The summed E-state index contributed by atoms with van der Waals surface area (Å²) in [6.07, 6.45) is 79.4. The van der Waals surface area contributed by atoms with Gasteiger partial charge in [-0.3, -0.25) is 14.4 Å². The van der Waals surface area contributed by atoms with Gasteiger partial charge >= 0.3 is 17.9 Å². The lowest BCUT2D eigenvalue weighted by Gasteiger charge is -2.18. The van der Waals surface area contributed by atoms with Gasteiger partial charge in [-0.15, -0.1) is 0 Å². The maximum atomic E-state index is 12.8. The number of hydrogen-bond donors (Lipinski definition) is 0. The normalized spacial score (nSPS) is 13.0. The average Bonchev–Trinajstić information content (AvgIpc) is 3.36. The van der Waals surface area contributed by atoms with Gasteiger partial charge in [0, 0.05) is 19.3 Å². The summed E-state index contributed by atoms with van der Waals surface area (Å²) < 4.78 is 16.7. The lowest BCUT2D eigenvalue weighted by molar-refractivity contribution is -0.167. The summed E-state index contributed by atoms with van der Waals surface area (Å²) in [5.41, 5.74) is 0. The molecule has 0 aliphatic rings. The van der Waals surface area contributed by atoms with E-state index in [1.807, 2.05) is 0 Å². The fourth-order valence-corrected chi connectivity index (χ4v) is 7.49. The molecule has 1 atom stereocenters. The van der Waals surface area contributed by atoms with Crippen LogP contribution in [0.5, 0.6) is 0 Å². The van der Waals surface area contributed by atoms with Crippen molar-refractivity contribution in [2.45, 2.75) is 252 Å². The van der Waals surface area contributed by atoms with Crippen molar-refractivity contribution < 1.29 is 28.6 Å². The Hall–Kier alpha value is -4.19. The van der Waals surface area contributed by atoms with Crippen LogP contribution in [0.1, 0.15) is 245 Å². The van der Waals surface area contributed by atoms with Gasteiger partial charge < -0.3 is 14.2 Å². The first kappa shape index (κ1) is 65.8. The molecule has 0 aromatic rings. The van der Waals surface area contributed by atoms with Gasteiger partial charge in [0.1, 0.15) is 13.2 Å². The van der Waals surface area contributed by atoms with E-state index in [9.17, 15) is 14.4 Å². The summed E-state index contributed by atoms with van der Waals surface area (Å²) >= 11 is 0. The zero-order valence-corrected chi connectivity index (χ0v) is 45.2. The molecule has 0 aromatic heterocycles. The lowest BCUT2D eigenvalue weighted by atomic mass is 10.0. The molecule has 1 unspecified atom stereocenters. The second-order valence-electron chi connectivity index (χ2n) is 18.4. The van der Waals surface area contributed by atoms with Crippen molar-refractivity contribution in [3.8, 4) is 0 Å². The average molecular weight is 970 g/mol. The summed E-state index contributed by atoms with van der Waals surface area (Å²) in [5, 5.41) is 0. The molecular formula is C64H104O6. The van der Waals surface area contributed by atoms with Crippen molar-refractivity contribution in [3.05, 3.63) is 122 Å². The van der Waals surface area contributed by atoms with E-state index in [0.717, 1.165) is 128 Å². The lowest BCUT2D eigenvalue weighted by Crippen LogP contribution is -2.30. The molecule has 6 nitrogen and oxygen atoms in total. The predicted molar refractivity (Wildman–Crippen MR) is 302 cm³/mol. The smallest absolute Gasteiger partial charge is 0.306 e. The Morgan fingerprint density at radius 2 is 0.557 bits per heavy atom. The molecule has 0 spiro atoms. The van der Waals surface area contributed by atoms with Gasteiger partial charge in [0.15, 0.2) is 6.10 Å². The Morgan fingerprint density at radius 3 is 0.886 bits per heavy atom. The third-order valence-corrected chi connectivity index (χ3v) is 11.7. The van der Waals surface area contributed by atoms with E-state index >= 15 is 0 Å². The number of allylic oxidation sites excluding steroid dienone is 20. The quantitative estimate of drug-likeness (QED) is 0.0262. The SMILES string of the molecule is CC/C=C\C/C=C\C/C=C\C/C=C\C/C=C\CCCCCCCCCCCCCC(=O)OCC(COC(=O)CCCCCCCC)OC(=O)CCCCC/C=C\C/C=C\C/C=C\C/C=C\C/C=C\CC. The van der Waals surface area contributed by atoms with Crippen LogP contribution in [0.2, 0.25) is 0 Å². The standard InChI is InChI=1S/C64H104O6/c1-4-7-10-13-16-18-20-22-24-26-28-29-30-31-32-33-34-35-37-38-40-42-44-46-48-51-54-57-63(66)69-60-61(59-68-62(65)56-53-50-15-12-9-6-3)70-64(67)58-55-52-49-47-45-43-41-39-36-27-25-23-21-19-17-14-11-8-5-2/h7-8,10-11,16-19,22-25,28-29,31-32,36,39,43,45,61H,4-6,9,12-15,20-21,26-27,30,33-35,37-38,40-42,44,46-60H2,1-3H3/b10-7-,11-8-,18-16-,19-17-,24-22-,25-23-,29-28-,32-31-,39-36-,45-43-. The van der Waals surface area contributed by atoms with E-state index in [0.29, 0.717) is 12.8 Å². The van der Waals surface area contributed by atoms with E-state index in [1.54, 1.807) is 0 Å². The minimum absolute atomic E-state index is 0.0944. The molecule has 0 bridgehead atoms. The maximum Gasteiger partial charge on any atom is 0.306 e. The van der Waals surface area contributed by atoms with Crippen molar-refractivity contribution in [2.24, 2.45) is 0 Å². The monoisotopic (exact) mass is 969 g/mol. The summed E-state index contributed by atoms with van der Waals surface area (Å²) in [6, 6.07) is 0. The number of ether oxygens (including phenoxy) is 3. The Labute approximate surface area is 431 Å². The predicted octanol–water partition coefficient (Wildman–Crippen LogP) is 19.3. The summed E-state index contributed by atoms with van der Waals surface area (Å²) in [6.45, 7) is 6.31. The van der Waals surface area contributed by atoms with Crippen LogP contribution in [0.3, 0.4) is 0 Å². The second-order valence-corrected chi connectivity index (χ2v) is 18.4. The molecule has 0 radical (unpaired) electrons. The van der Waals surface area contributed by atoms with E-state index in [2.05, 4.69) is 142 Å². The molecule has 0 aromatic carbocycles. The molecule has 0 N–H and O–H groups in total. The Balaban J connectivity index is 4.20. The van der Waals surface area contributed by atoms with Crippen LogP contribution in [0, 0.1) is 0 Å². The fraction of sp³-hybridized carbons (Fsp3) is 0.641. The summed E-state index contributed by atoms with van der Waals surface area (Å²) in [7, 11) is 0. The van der Waals surface area contributed by atoms with Crippen LogP contribution in [0.4, 0.5) is 0 Å². The van der Waals surface area contributed by atoms with Crippen LogP contribution >= 0.6 is 0 Å². The Bertz CT molecular complexity index is 1490. The molecule has 0 saturated carbocycles. The summed E-state index contributed by atoms with van der Waals surface area (Å²) in [5.74, 6) is -0.943. The molecule has 0 rings (SSSR count). The fourth-order valence-electron chi connectivity index (χ4n) is 7.49. The number of carbonyl (C=O) groups is 3. The maximum absolute atomic E-state index is 12.8. The van der Waals surface area contributed by atoms with Crippen LogP contribution in [0.15, 0.2) is 122 Å². The van der Waals surface area contributed by atoms with Gasteiger partial charge in [-0.05, 0) is 109 Å². The van der Waals surface area contributed by atoms with Gasteiger partial charge in [-0.2, -0.15) is 0 Å². The molecule has 0 aliphatic carbocycles. The van der Waals surface area contributed by atoms with E-state index in [1.165, 1.54) is 77.0 Å². The van der Waals surface area contributed by atoms with Gasteiger partial charge in [0.05, 0.1) is 0 Å². The van der Waals surface area contributed by atoms with Crippen LogP contribution in [0.25, 0.3) is 0 Å². The molecule has 0 saturated heterocycles. The molecule has 396 valence electrons. The third-order valence-electron chi connectivity index (χ3n) is 11.7. The van der Waals surface area contributed by atoms with E-state index in [-0.39, 0.29) is 37.5 Å². The minimum atomic E-state index is -0.796. The van der Waals surface area contributed by atoms with Crippen LogP contribution in [-0.4, -0.2) is 37.2 Å². The van der Waals surface area contributed by atoms with Gasteiger partial charge in [-0.25, -0.2) is 0 Å². The molecular weight excluding hydrogens is 865 g/mol. The molecule has 0 heterocycles. The van der Waals surface area contributed by atoms with Gasteiger partial charge in [0.25, 0.3) is 0 Å². The van der Waals surface area contributed by atoms with Crippen molar-refractivity contribution >= 4 is 17.9 Å². The highest BCUT2D eigenvalue weighted by molar-refractivity contribution is 5.71. The molecule has 6 heteroatoms. The Kier molecular flexibility index (Phi) is 54.0. The van der Waals surface area contributed by atoms with Gasteiger partial charge in [-0.1, -0.05) is 239 Å². The molecule has 70 heavy (non-hydrogen) atoms. The highest BCUT2D eigenvalue weighted by Crippen LogP contribution is 2.14. The number of esters is 3. The molecule has 0 aliphatic heterocycles. The first-order valence-corrected chi connectivity index (χ1v) is 28.5. The van der Waals surface area contributed by atoms with Crippen molar-refractivity contribution in [3.63, 3.8) is 0 Å².